The molecule has 14 heavy (non-hydrogen) atoms. The van der Waals surface area contributed by atoms with Crippen molar-refractivity contribution in [3.05, 3.63) is 17.8 Å². The molecule has 0 saturated carbocycles. The van der Waals surface area contributed by atoms with Gasteiger partial charge in [0.25, 0.3) is 0 Å². The monoisotopic (exact) mass is 216 g/mol. The van der Waals surface area contributed by atoms with Gasteiger partial charge in [0.15, 0.2) is 10.8 Å². The standard InChI is InChI=1S/C9H13FN2OS/c1-9(2,3)8-11-5-6(10)7(12-8)14(4)13/h5H,1-4H3. The van der Waals surface area contributed by atoms with Gasteiger partial charge in [-0.2, -0.15) is 0 Å². The van der Waals surface area contributed by atoms with Gasteiger partial charge in [-0.25, -0.2) is 14.4 Å². The van der Waals surface area contributed by atoms with E-state index in [2.05, 4.69) is 9.97 Å². The number of halogens is 1. The Bertz CT molecular complexity index is 374. The minimum atomic E-state index is -1.41. The minimum absolute atomic E-state index is 0.0232. The van der Waals surface area contributed by atoms with Crippen LogP contribution in [-0.4, -0.2) is 20.4 Å². The molecule has 0 N–H and O–H groups in total. The molecule has 1 rings (SSSR count). The third kappa shape index (κ3) is 2.35. The van der Waals surface area contributed by atoms with Gasteiger partial charge in [-0.05, 0) is 0 Å². The lowest BCUT2D eigenvalue weighted by molar-refractivity contribution is 0.508. The van der Waals surface area contributed by atoms with Crippen LogP contribution in [0.5, 0.6) is 0 Å². The summed E-state index contributed by atoms with van der Waals surface area (Å²) in [6, 6.07) is 0. The summed E-state index contributed by atoms with van der Waals surface area (Å²) in [4.78, 5) is 7.83. The first-order chi connectivity index (χ1) is 6.32. The molecule has 3 nitrogen and oxygen atoms in total. The lowest BCUT2D eigenvalue weighted by Crippen LogP contribution is -2.17. The molecule has 5 heteroatoms. The summed E-state index contributed by atoms with van der Waals surface area (Å²) in [5.41, 5.74) is -0.262. The first kappa shape index (κ1) is 11.2. The van der Waals surface area contributed by atoms with E-state index in [-0.39, 0.29) is 10.4 Å². The van der Waals surface area contributed by atoms with E-state index >= 15 is 0 Å². The molecule has 1 aromatic heterocycles. The van der Waals surface area contributed by atoms with Crippen molar-refractivity contribution in [2.75, 3.05) is 6.26 Å². The van der Waals surface area contributed by atoms with E-state index in [1.807, 2.05) is 20.8 Å². The molecule has 0 aliphatic rings. The fourth-order valence-electron chi connectivity index (χ4n) is 0.914. The van der Waals surface area contributed by atoms with Gasteiger partial charge in [-0.1, -0.05) is 20.8 Å². The third-order valence-corrected chi connectivity index (χ3v) is 2.49. The molecule has 0 aromatic carbocycles. The highest BCUT2D eigenvalue weighted by molar-refractivity contribution is 7.84. The second-order valence-electron chi connectivity index (χ2n) is 4.05. The predicted molar refractivity (Wildman–Crippen MR) is 53.0 cm³/mol. The maximum atomic E-state index is 13.1. The highest BCUT2D eigenvalue weighted by Crippen LogP contribution is 2.19. The fraction of sp³-hybridized carbons (Fsp3) is 0.556. The Hall–Kier alpha value is -0.840. The van der Waals surface area contributed by atoms with E-state index in [0.717, 1.165) is 6.20 Å². The number of aromatic nitrogens is 2. The van der Waals surface area contributed by atoms with Gasteiger partial charge in [0.1, 0.15) is 5.82 Å². The topological polar surface area (TPSA) is 42.9 Å². The molecule has 1 atom stereocenters. The van der Waals surface area contributed by atoms with E-state index in [1.54, 1.807) is 0 Å². The van der Waals surface area contributed by atoms with Crippen molar-refractivity contribution in [3.8, 4) is 0 Å². The van der Waals surface area contributed by atoms with Crippen molar-refractivity contribution >= 4 is 10.8 Å². The van der Waals surface area contributed by atoms with E-state index in [0.29, 0.717) is 5.82 Å². The maximum Gasteiger partial charge on any atom is 0.176 e. The van der Waals surface area contributed by atoms with Crippen LogP contribution in [0.25, 0.3) is 0 Å². The normalized spacial score (nSPS) is 14.1. The van der Waals surface area contributed by atoms with Crippen LogP contribution in [0, 0.1) is 5.82 Å². The maximum absolute atomic E-state index is 13.1. The number of hydrogen-bond acceptors (Lipinski definition) is 3. The summed E-state index contributed by atoms with van der Waals surface area (Å²) in [5, 5.41) is -0.0232. The van der Waals surface area contributed by atoms with Gasteiger partial charge in [0.05, 0.1) is 17.0 Å². The average Bonchev–Trinajstić information content (AvgIpc) is 2.02. The molecular formula is C9H13FN2OS. The zero-order chi connectivity index (χ0) is 10.9. The molecule has 0 amide bonds. The van der Waals surface area contributed by atoms with Crippen LogP contribution in [0.3, 0.4) is 0 Å². The van der Waals surface area contributed by atoms with Crippen LogP contribution in [0.15, 0.2) is 11.2 Å². The summed E-state index contributed by atoms with van der Waals surface area (Å²) in [5.74, 6) is -0.108. The zero-order valence-corrected chi connectivity index (χ0v) is 9.48. The summed E-state index contributed by atoms with van der Waals surface area (Å²) < 4.78 is 24.2. The number of rotatable bonds is 1. The Morgan fingerprint density at radius 3 is 2.43 bits per heavy atom. The predicted octanol–water partition coefficient (Wildman–Crippen LogP) is 1.65. The summed E-state index contributed by atoms with van der Waals surface area (Å²) in [6.45, 7) is 5.76. The first-order valence-corrected chi connectivity index (χ1v) is 5.74. The highest BCUT2D eigenvalue weighted by Gasteiger charge is 2.20. The Morgan fingerprint density at radius 2 is 2.00 bits per heavy atom. The molecule has 1 aromatic rings. The fourth-order valence-corrected chi connectivity index (χ4v) is 1.46. The molecule has 0 spiro atoms. The number of nitrogens with zero attached hydrogens (tertiary/aromatic N) is 2. The summed E-state index contributed by atoms with van der Waals surface area (Å²) in [7, 11) is -1.41. The van der Waals surface area contributed by atoms with Gasteiger partial charge >= 0.3 is 0 Å². The molecule has 0 saturated heterocycles. The first-order valence-electron chi connectivity index (χ1n) is 4.19. The molecule has 1 unspecified atom stereocenters. The van der Waals surface area contributed by atoms with Crippen LogP contribution < -0.4 is 0 Å². The van der Waals surface area contributed by atoms with Gasteiger partial charge in [-0.15, -0.1) is 0 Å². The molecule has 1 heterocycles. The van der Waals surface area contributed by atoms with E-state index < -0.39 is 16.6 Å². The minimum Gasteiger partial charge on any atom is -0.253 e. The molecule has 0 radical (unpaired) electrons. The average molecular weight is 216 g/mol. The Kier molecular flexibility index (Phi) is 2.99. The molecule has 0 bridgehead atoms. The second kappa shape index (κ2) is 3.73. The largest absolute Gasteiger partial charge is 0.253 e. The molecule has 0 aliphatic carbocycles. The third-order valence-electron chi connectivity index (χ3n) is 1.66. The van der Waals surface area contributed by atoms with Gasteiger partial charge < -0.3 is 0 Å². The van der Waals surface area contributed by atoms with Crippen molar-refractivity contribution in [1.29, 1.82) is 0 Å². The Balaban J connectivity index is 3.27. The quantitative estimate of drug-likeness (QED) is 0.670. The van der Waals surface area contributed by atoms with Crippen molar-refractivity contribution in [2.24, 2.45) is 0 Å². The lowest BCUT2D eigenvalue weighted by atomic mass is 9.96. The van der Waals surface area contributed by atoms with Crippen molar-refractivity contribution < 1.29 is 8.60 Å². The number of hydrogen-bond donors (Lipinski definition) is 0. The van der Waals surface area contributed by atoms with Crippen LogP contribution in [0.4, 0.5) is 4.39 Å². The van der Waals surface area contributed by atoms with Crippen molar-refractivity contribution in [1.82, 2.24) is 9.97 Å². The molecule has 0 aliphatic heterocycles. The van der Waals surface area contributed by atoms with Crippen LogP contribution in [0.2, 0.25) is 0 Å². The van der Waals surface area contributed by atoms with E-state index in [4.69, 9.17) is 0 Å². The van der Waals surface area contributed by atoms with Gasteiger partial charge in [0, 0.05) is 11.7 Å². The van der Waals surface area contributed by atoms with E-state index in [1.165, 1.54) is 6.26 Å². The summed E-state index contributed by atoms with van der Waals surface area (Å²) >= 11 is 0. The second-order valence-corrected chi connectivity index (χ2v) is 5.35. The Labute approximate surface area is 85.2 Å². The highest BCUT2D eigenvalue weighted by atomic mass is 32.2. The lowest BCUT2D eigenvalue weighted by Gasteiger charge is -2.16. The Morgan fingerprint density at radius 1 is 1.43 bits per heavy atom. The van der Waals surface area contributed by atoms with Crippen LogP contribution >= 0.6 is 0 Å². The molecule has 78 valence electrons. The van der Waals surface area contributed by atoms with Gasteiger partial charge in [0.2, 0.25) is 0 Å². The molecular weight excluding hydrogens is 203 g/mol. The summed E-state index contributed by atoms with van der Waals surface area (Å²) in [6.07, 6.45) is 2.47. The van der Waals surface area contributed by atoms with Crippen LogP contribution in [-0.2, 0) is 16.2 Å². The van der Waals surface area contributed by atoms with Crippen molar-refractivity contribution in [3.63, 3.8) is 0 Å². The SMILES string of the molecule is CS(=O)c1nc(C(C)(C)C)ncc1F. The van der Waals surface area contributed by atoms with Gasteiger partial charge in [-0.3, -0.25) is 4.21 Å². The smallest absolute Gasteiger partial charge is 0.176 e. The van der Waals surface area contributed by atoms with Crippen LogP contribution in [0.1, 0.15) is 26.6 Å². The van der Waals surface area contributed by atoms with E-state index in [9.17, 15) is 8.60 Å². The molecule has 0 fully saturated rings. The zero-order valence-electron chi connectivity index (χ0n) is 8.67. The van der Waals surface area contributed by atoms with Crippen molar-refractivity contribution in [2.45, 2.75) is 31.2 Å².